The number of carbonyl (C=O) groups excluding carboxylic acids is 1. The summed E-state index contributed by atoms with van der Waals surface area (Å²) < 4.78 is 0. The van der Waals surface area contributed by atoms with Crippen LogP contribution < -0.4 is 10.6 Å². The maximum Gasteiger partial charge on any atom is 0.223 e. The van der Waals surface area contributed by atoms with E-state index in [4.69, 9.17) is 5.73 Å². The smallest absolute Gasteiger partial charge is 0.223 e. The van der Waals surface area contributed by atoms with Gasteiger partial charge in [-0.15, -0.1) is 0 Å². The molecular weight excluding hydrogens is 240 g/mol. The second-order valence-electron chi connectivity index (χ2n) is 5.49. The van der Waals surface area contributed by atoms with Gasteiger partial charge in [0.1, 0.15) is 5.60 Å². The fourth-order valence-electron chi connectivity index (χ4n) is 2.98. The van der Waals surface area contributed by atoms with E-state index in [9.17, 15) is 9.90 Å². The Kier molecular flexibility index (Phi) is 3.65. The fraction of sp³-hybridized carbons (Fsp3) is 0.533. The largest absolute Gasteiger partial charge is 0.384 e. The number of hydrogen-bond acceptors (Lipinski definition) is 3. The highest BCUT2D eigenvalue weighted by Crippen LogP contribution is 2.39. The monoisotopic (exact) mass is 262 g/mol. The van der Waals surface area contributed by atoms with Crippen LogP contribution in [0.2, 0.25) is 0 Å². The van der Waals surface area contributed by atoms with Crippen molar-refractivity contribution in [3.8, 4) is 0 Å². The summed E-state index contributed by atoms with van der Waals surface area (Å²) in [5, 5.41) is 10.8. The van der Waals surface area contributed by atoms with Crippen LogP contribution in [0, 0.1) is 13.8 Å². The molecule has 1 aliphatic heterocycles. The van der Waals surface area contributed by atoms with Gasteiger partial charge in [-0.1, -0.05) is 17.7 Å². The summed E-state index contributed by atoms with van der Waals surface area (Å²) in [5.41, 5.74) is 8.48. The second-order valence-corrected chi connectivity index (χ2v) is 5.49. The second kappa shape index (κ2) is 4.94. The number of rotatable bonds is 1. The zero-order valence-electron chi connectivity index (χ0n) is 11.9. The van der Waals surface area contributed by atoms with E-state index in [2.05, 4.69) is 0 Å². The molecular formula is C15H22N2O2. The standard InChI is InChI=1S/C15H22N2O2/c1-10-7-11(2)14-13(8-10)15(19,9-16)5-4-6-17(14)12(3)18/h7-8,19H,4-6,9,16H2,1-3H3. The lowest BCUT2D eigenvalue weighted by Gasteiger charge is -2.30. The highest BCUT2D eigenvalue weighted by atomic mass is 16.3. The lowest BCUT2D eigenvalue weighted by Crippen LogP contribution is -2.35. The molecule has 1 aliphatic rings. The topological polar surface area (TPSA) is 66.6 Å². The zero-order chi connectivity index (χ0) is 14.2. The van der Waals surface area contributed by atoms with Gasteiger partial charge in [0, 0.05) is 25.6 Å². The molecule has 1 unspecified atom stereocenters. The van der Waals surface area contributed by atoms with Gasteiger partial charge >= 0.3 is 0 Å². The summed E-state index contributed by atoms with van der Waals surface area (Å²) >= 11 is 0. The van der Waals surface area contributed by atoms with Gasteiger partial charge in [0.05, 0.1) is 5.69 Å². The normalized spacial score (nSPS) is 22.9. The predicted octanol–water partition coefficient (Wildman–Crippen LogP) is 1.60. The SMILES string of the molecule is CC(=O)N1CCCC(O)(CN)c2cc(C)cc(C)c21. The molecule has 3 N–H and O–H groups in total. The van der Waals surface area contributed by atoms with Gasteiger partial charge < -0.3 is 15.7 Å². The summed E-state index contributed by atoms with van der Waals surface area (Å²) in [6.07, 6.45) is 1.34. The van der Waals surface area contributed by atoms with E-state index < -0.39 is 5.60 Å². The Hall–Kier alpha value is -1.39. The van der Waals surface area contributed by atoms with Gasteiger partial charge in [-0.3, -0.25) is 4.79 Å². The van der Waals surface area contributed by atoms with Crippen molar-refractivity contribution in [3.05, 3.63) is 28.8 Å². The van der Waals surface area contributed by atoms with E-state index in [1.807, 2.05) is 26.0 Å². The summed E-state index contributed by atoms with van der Waals surface area (Å²) in [7, 11) is 0. The maximum absolute atomic E-state index is 11.9. The number of nitrogens with two attached hydrogens (primary N) is 1. The van der Waals surface area contributed by atoms with Gasteiger partial charge in [0.25, 0.3) is 0 Å². The number of hydrogen-bond donors (Lipinski definition) is 2. The van der Waals surface area contributed by atoms with Crippen molar-refractivity contribution < 1.29 is 9.90 Å². The molecule has 0 fully saturated rings. The molecule has 1 aromatic carbocycles. The van der Waals surface area contributed by atoms with E-state index in [1.54, 1.807) is 11.8 Å². The molecule has 2 rings (SSSR count). The van der Waals surface area contributed by atoms with Crippen LogP contribution in [0.3, 0.4) is 0 Å². The Balaban J connectivity index is 2.71. The zero-order valence-corrected chi connectivity index (χ0v) is 11.9. The van der Waals surface area contributed by atoms with Crippen molar-refractivity contribution in [2.75, 3.05) is 18.0 Å². The number of fused-ring (bicyclic) bond motifs is 1. The molecule has 1 amide bonds. The van der Waals surface area contributed by atoms with Crippen LogP contribution in [-0.2, 0) is 10.4 Å². The van der Waals surface area contributed by atoms with Crippen molar-refractivity contribution in [2.24, 2.45) is 5.73 Å². The number of aryl methyl sites for hydroxylation is 2. The quantitative estimate of drug-likeness (QED) is 0.808. The summed E-state index contributed by atoms with van der Waals surface area (Å²) in [6.45, 7) is 6.34. The van der Waals surface area contributed by atoms with Crippen LogP contribution in [0.15, 0.2) is 12.1 Å². The van der Waals surface area contributed by atoms with Crippen molar-refractivity contribution in [1.82, 2.24) is 0 Å². The van der Waals surface area contributed by atoms with Crippen molar-refractivity contribution in [1.29, 1.82) is 0 Å². The molecule has 0 radical (unpaired) electrons. The van der Waals surface area contributed by atoms with E-state index >= 15 is 0 Å². The molecule has 0 bridgehead atoms. The third-order valence-electron chi connectivity index (χ3n) is 3.91. The third-order valence-corrected chi connectivity index (χ3v) is 3.91. The Morgan fingerprint density at radius 2 is 2.16 bits per heavy atom. The van der Waals surface area contributed by atoms with Crippen LogP contribution in [0.25, 0.3) is 0 Å². The number of carbonyl (C=O) groups is 1. The molecule has 0 aromatic heterocycles. The highest BCUT2D eigenvalue weighted by molar-refractivity contribution is 5.93. The number of aliphatic hydroxyl groups is 1. The first-order valence-corrected chi connectivity index (χ1v) is 6.71. The van der Waals surface area contributed by atoms with Crippen molar-refractivity contribution in [2.45, 2.75) is 39.2 Å². The van der Waals surface area contributed by atoms with Gasteiger partial charge in [-0.05, 0) is 32.3 Å². The first-order chi connectivity index (χ1) is 8.89. The summed E-state index contributed by atoms with van der Waals surface area (Å²) in [4.78, 5) is 13.6. The number of anilines is 1. The number of amides is 1. The van der Waals surface area contributed by atoms with Crippen LogP contribution in [0.4, 0.5) is 5.69 Å². The maximum atomic E-state index is 11.9. The molecule has 19 heavy (non-hydrogen) atoms. The van der Waals surface area contributed by atoms with Crippen LogP contribution in [-0.4, -0.2) is 24.1 Å². The Morgan fingerprint density at radius 1 is 1.47 bits per heavy atom. The van der Waals surface area contributed by atoms with E-state index in [0.29, 0.717) is 13.0 Å². The fourth-order valence-corrected chi connectivity index (χ4v) is 2.98. The molecule has 4 nitrogen and oxygen atoms in total. The van der Waals surface area contributed by atoms with E-state index in [1.165, 1.54) is 0 Å². The van der Waals surface area contributed by atoms with Gasteiger partial charge in [0.15, 0.2) is 0 Å². The molecule has 1 atom stereocenters. The van der Waals surface area contributed by atoms with Crippen LogP contribution in [0.5, 0.6) is 0 Å². The molecule has 4 heteroatoms. The van der Waals surface area contributed by atoms with Crippen LogP contribution in [0.1, 0.15) is 36.5 Å². The lowest BCUT2D eigenvalue weighted by molar-refractivity contribution is -0.116. The van der Waals surface area contributed by atoms with Crippen LogP contribution >= 0.6 is 0 Å². The molecule has 1 aromatic rings. The molecule has 0 saturated carbocycles. The molecule has 1 heterocycles. The van der Waals surface area contributed by atoms with E-state index in [-0.39, 0.29) is 12.5 Å². The van der Waals surface area contributed by atoms with Crippen molar-refractivity contribution in [3.63, 3.8) is 0 Å². The minimum Gasteiger partial charge on any atom is -0.384 e. The third kappa shape index (κ3) is 2.38. The Bertz CT molecular complexity index is 513. The van der Waals surface area contributed by atoms with Crippen molar-refractivity contribution >= 4 is 11.6 Å². The van der Waals surface area contributed by atoms with Gasteiger partial charge in [0.2, 0.25) is 5.91 Å². The van der Waals surface area contributed by atoms with Gasteiger partial charge in [-0.25, -0.2) is 0 Å². The van der Waals surface area contributed by atoms with Gasteiger partial charge in [-0.2, -0.15) is 0 Å². The average molecular weight is 262 g/mol. The lowest BCUT2D eigenvalue weighted by atomic mass is 9.86. The molecule has 104 valence electrons. The molecule has 0 aliphatic carbocycles. The number of nitrogens with zero attached hydrogens (tertiary/aromatic N) is 1. The average Bonchev–Trinajstić information content (AvgIpc) is 2.48. The molecule has 0 saturated heterocycles. The first kappa shape index (κ1) is 14.0. The molecule has 0 spiro atoms. The Morgan fingerprint density at radius 3 is 2.74 bits per heavy atom. The Labute approximate surface area is 114 Å². The predicted molar refractivity (Wildman–Crippen MR) is 76.1 cm³/mol. The highest BCUT2D eigenvalue weighted by Gasteiger charge is 2.35. The minimum absolute atomic E-state index is 0.00877. The summed E-state index contributed by atoms with van der Waals surface area (Å²) in [6, 6.07) is 3.99. The minimum atomic E-state index is -1.03. The number of benzene rings is 1. The first-order valence-electron chi connectivity index (χ1n) is 6.71. The summed E-state index contributed by atoms with van der Waals surface area (Å²) in [5.74, 6) is 0.00877. The van der Waals surface area contributed by atoms with E-state index in [0.717, 1.165) is 28.8 Å².